The zero-order valence-electron chi connectivity index (χ0n) is 11.2. The minimum atomic E-state index is 0.598. The summed E-state index contributed by atoms with van der Waals surface area (Å²) in [6.07, 6.45) is 3.92. The Bertz CT molecular complexity index is 322. The second-order valence-electron chi connectivity index (χ2n) is 5.20. The van der Waals surface area contributed by atoms with Crippen LogP contribution in [-0.4, -0.2) is 6.04 Å². The quantitative estimate of drug-likeness (QED) is 0.765. The molecule has 0 heterocycles. The van der Waals surface area contributed by atoms with E-state index in [1.807, 2.05) is 0 Å². The first-order valence-electron chi connectivity index (χ1n) is 6.56. The molecule has 0 bridgehead atoms. The first kappa shape index (κ1) is 14.7. The Morgan fingerprint density at radius 1 is 1.12 bits per heavy atom. The molecule has 1 nitrogen and oxygen atoms in total. The highest BCUT2D eigenvalue weighted by Crippen LogP contribution is 2.16. The number of benzene rings is 1. The van der Waals surface area contributed by atoms with E-state index in [4.69, 9.17) is 0 Å². The maximum Gasteiger partial charge on any atom is 0.0220 e. The fourth-order valence-corrected chi connectivity index (χ4v) is 2.29. The van der Waals surface area contributed by atoms with E-state index in [0.717, 1.165) is 12.5 Å². The summed E-state index contributed by atoms with van der Waals surface area (Å²) in [5.41, 5.74) is 1.34. The molecule has 0 radical (unpaired) electrons. The van der Waals surface area contributed by atoms with Crippen LogP contribution >= 0.6 is 15.9 Å². The van der Waals surface area contributed by atoms with E-state index >= 15 is 0 Å². The van der Waals surface area contributed by atoms with E-state index in [1.54, 1.807) is 0 Å². The summed E-state index contributed by atoms with van der Waals surface area (Å²) in [5.74, 6) is 0.825. The Kier molecular flexibility index (Phi) is 6.83. The van der Waals surface area contributed by atoms with Gasteiger partial charge in [0.1, 0.15) is 0 Å². The van der Waals surface area contributed by atoms with E-state index in [0.29, 0.717) is 6.04 Å². The monoisotopic (exact) mass is 297 g/mol. The minimum absolute atomic E-state index is 0.598. The van der Waals surface area contributed by atoms with Crippen LogP contribution in [0, 0.1) is 5.92 Å². The number of rotatable bonds is 7. The number of hydrogen-bond donors (Lipinski definition) is 1. The fourth-order valence-electron chi connectivity index (χ4n) is 1.86. The van der Waals surface area contributed by atoms with Gasteiger partial charge in [0.05, 0.1) is 0 Å². The molecule has 0 spiro atoms. The predicted molar refractivity (Wildman–Crippen MR) is 79.1 cm³/mol. The van der Waals surface area contributed by atoms with Crippen LogP contribution in [0.5, 0.6) is 0 Å². The number of nitrogens with one attached hydrogen (secondary N) is 1. The molecule has 1 aromatic rings. The van der Waals surface area contributed by atoms with Gasteiger partial charge in [-0.1, -0.05) is 60.8 Å². The zero-order chi connectivity index (χ0) is 12.7. The average Bonchev–Trinajstić information content (AvgIpc) is 2.27. The molecule has 96 valence electrons. The highest BCUT2D eigenvalue weighted by molar-refractivity contribution is 9.10. The molecule has 1 atom stereocenters. The van der Waals surface area contributed by atoms with Crippen LogP contribution in [0.1, 0.15) is 45.6 Å². The second kappa shape index (κ2) is 7.88. The number of hydrogen-bond acceptors (Lipinski definition) is 1. The molecule has 0 aliphatic rings. The maximum atomic E-state index is 3.58. The van der Waals surface area contributed by atoms with Gasteiger partial charge in [0, 0.05) is 17.1 Å². The molecule has 1 rings (SSSR count). The third-order valence-corrected chi connectivity index (χ3v) is 3.79. The van der Waals surface area contributed by atoms with Gasteiger partial charge in [-0.25, -0.2) is 0 Å². The molecule has 17 heavy (non-hydrogen) atoms. The molecule has 2 heteroatoms. The molecule has 1 aromatic carbocycles. The van der Waals surface area contributed by atoms with Gasteiger partial charge in [0.25, 0.3) is 0 Å². The van der Waals surface area contributed by atoms with Gasteiger partial charge in [0.15, 0.2) is 0 Å². The lowest BCUT2D eigenvalue weighted by Crippen LogP contribution is -2.25. The largest absolute Gasteiger partial charge is 0.310 e. The molecular weight excluding hydrogens is 274 g/mol. The Balaban J connectivity index is 2.24. The first-order valence-corrected chi connectivity index (χ1v) is 7.35. The number of halogens is 1. The van der Waals surface area contributed by atoms with E-state index in [2.05, 4.69) is 66.3 Å². The molecule has 0 aromatic heterocycles. The highest BCUT2D eigenvalue weighted by Gasteiger charge is 2.04. The van der Waals surface area contributed by atoms with Crippen LogP contribution in [0.2, 0.25) is 0 Å². The summed E-state index contributed by atoms with van der Waals surface area (Å²) in [6.45, 7) is 7.81. The first-order chi connectivity index (χ1) is 8.09. The molecule has 1 unspecified atom stereocenters. The standard InChI is InChI=1S/C15H24BrN/c1-12(2)7-6-8-13(3)17-11-14-9-4-5-10-15(14)16/h4-5,9-10,12-13,17H,6-8,11H2,1-3H3. The Morgan fingerprint density at radius 2 is 1.82 bits per heavy atom. The van der Waals surface area contributed by atoms with Crippen molar-refractivity contribution in [2.24, 2.45) is 5.92 Å². The lowest BCUT2D eigenvalue weighted by molar-refractivity contribution is 0.457. The molecular formula is C15H24BrN. The molecule has 0 saturated carbocycles. The van der Waals surface area contributed by atoms with E-state index < -0.39 is 0 Å². The van der Waals surface area contributed by atoms with Gasteiger partial charge >= 0.3 is 0 Å². The molecule has 0 aliphatic heterocycles. The fraction of sp³-hybridized carbons (Fsp3) is 0.600. The van der Waals surface area contributed by atoms with Crippen molar-refractivity contribution in [2.75, 3.05) is 0 Å². The van der Waals surface area contributed by atoms with E-state index in [1.165, 1.54) is 29.3 Å². The van der Waals surface area contributed by atoms with Crippen molar-refractivity contribution in [3.05, 3.63) is 34.3 Å². The molecule has 0 amide bonds. The zero-order valence-corrected chi connectivity index (χ0v) is 12.8. The van der Waals surface area contributed by atoms with Gasteiger partial charge in [-0.15, -0.1) is 0 Å². The molecule has 1 N–H and O–H groups in total. The third-order valence-electron chi connectivity index (χ3n) is 3.02. The summed E-state index contributed by atoms with van der Waals surface area (Å²) < 4.78 is 1.20. The van der Waals surface area contributed by atoms with Gasteiger partial charge in [-0.3, -0.25) is 0 Å². The van der Waals surface area contributed by atoms with Crippen molar-refractivity contribution in [2.45, 2.75) is 52.6 Å². The highest BCUT2D eigenvalue weighted by atomic mass is 79.9. The van der Waals surface area contributed by atoms with Crippen LogP contribution in [0.3, 0.4) is 0 Å². The van der Waals surface area contributed by atoms with E-state index in [9.17, 15) is 0 Å². The summed E-state index contributed by atoms with van der Waals surface area (Å²) >= 11 is 3.58. The van der Waals surface area contributed by atoms with Crippen molar-refractivity contribution >= 4 is 15.9 Å². The van der Waals surface area contributed by atoms with Gasteiger partial charge in [-0.2, -0.15) is 0 Å². The third kappa shape index (κ3) is 6.23. The Labute approximate surface area is 114 Å². The van der Waals surface area contributed by atoms with Crippen LogP contribution in [0.25, 0.3) is 0 Å². The second-order valence-corrected chi connectivity index (χ2v) is 6.05. The van der Waals surface area contributed by atoms with Gasteiger partial charge in [0.2, 0.25) is 0 Å². The average molecular weight is 298 g/mol. The van der Waals surface area contributed by atoms with Crippen molar-refractivity contribution < 1.29 is 0 Å². The SMILES string of the molecule is CC(C)CCCC(C)NCc1ccccc1Br. The summed E-state index contributed by atoms with van der Waals surface area (Å²) in [4.78, 5) is 0. The van der Waals surface area contributed by atoms with Crippen LogP contribution in [0.15, 0.2) is 28.7 Å². The van der Waals surface area contributed by atoms with Crippen molar-refractivity contribution in [1.29, 1.82) is 0 Å². The minimum Gasteiger partial charge on any atom is -0.310 e. The van der Waals surface area contributed by atoms with Crippen molar-refractivity contribution in [3.8, 4) is 0 Å². The van der Waals surface area contributed by atoms with Crippen LogP contribution in [-0.2, 0) is 6.54 Å². The van der Waals surface area contributed by atoms with Gasteiger partial charge in [-0.05, 0) is 30.9 Å². The summed E-state index contributed by atoms with van der Waals surface area (Å²) in [6, 6.07) is 9.00. The molecule has 0 fully saturated rings. The topological polar surface area (TPSA) is 12.0 Å². The van der Waals surface area contributed by atoms with Crippen molar-refractivity contribution in [3.63, 3.8) is 0 Å². The Morgan fingerprint density at radius 3 is 2.47 bits per heavy atom. The smallest absolute Gasteiger partial charge is 0.0220 e. The van der Waals surface area contributed by atoms with E-state index in [-0.39, 0.29) is 0 Å². The lowest BCUT2D eigenvalue weighted by Gasteiger charge is -2.15. The normalized spacial score (nSPS) is 13.0. The lowest BCUT2D eigenvalue weighted by atomic mass is 10.0. The predicted octanol–water partition coefficient (Wildman–Crippen LogP) is 4.75. The van der Waals surface area contributed by atoms with Gasteiger partial charge < -0.3 is 5.32 Å². The van der Waals surface area contributed by atoms with Crippen molar-refractivity contribution in [1.82, 2.24) is 5.32 Å². The maximum absolute atomic E-state index is 3.58. The summed E-state index contributed by atoms with van der Waals surface area (Å²) in [5, 5.41) is 3.58. The van der Waals surface area contributed by atoms with Crippen LogP contribution in [0.4, 0.5) is 0 Å². The summed E-state index contributed by atoms with van der Waals surface area (Å²) in [7, 11) is 0. The molecule has 0 saturated heterocycles. The molecule has 0 aliphatic carbocycles. The van der Waals surface area contributed by atoms with Crippen LogP contribution < -0.4 is 5.32 Å². The Hall–Kier alpha value is -0.340.